The molecule has 0 saturated heterocycles. The van der Waals surface area contributed by atoms with Gasteiger partial charge < -0.3 is 5.32 Å². The van der Waals surface area contributed by atoms with Crippen LogP contribution in [0.3, 0.4) is 0 Å². The largest absolute Gasteiger partial charge is 0.304 e. The summed E-state index contributed by atoms with van der Waals surface area (Å²) >= 11 is 3.39. The molecule has 1 unspecified atom stereocenters. The van der Waals surface area contributed by atoms with E-state index in [2.05, 4.69) is 47.2 Å². The van der Waals surface area contributed by atoms with E-state index < -0.39 is 0 Å². The summed E-state index contributed by atoms with van der Waals surface area (Å²) < 4.78 is 14.8. The molecular formula is C17H19BrFN. The first-order valence-corrected chi connectivity index (χ1v) is 7.55. The molecule has 0 aromatic heterocycles. The molecule has 0 radical (unpaired) electrons. The number of hydrogen-bond donors (Lipinski definition) is 1. The lowest BCUT2D eigenvalue weighted by Crippen LogP contribution is -2.23. The molecule has 0 bridgehead atoms. The van der Waals surface area contributed by atoms with Crippen molar-refractivity contribution < 1.29 is 4.39 Å². The third-order valence-corrected chi connectivity index (χ3v) is 4.07. The van der Waals surface area contributed by atoms with Gasteiger partial charge in [-0.3, -0.25) is 0 Å². The van der Waals surface area contributed by atoms with E-state index >= 15 is 0 Å². The van der Waals surface area contributed by atoms with Crippen molar-refractivity contribution in [3.8, 4) is 0 Å². The summed E-state index contributed by atoms with van der Waals surface area (Å²) in [7, 11) is 0. The van der Waals surface area contributed by atoms with Crippen LogP contribution in [0.15, 0.2) is 46.9 Å². The van der Waals surface area contributed by atoms with Crippen molar-refractivity contribution in [2.24, 2.45) is 0 Å². The lowest BCUT2D eigenvalue weighted by atomic mass is 10.0. The lowest BCUT2D eigenvalue weighted by molar-refractivity contribution is 0.472. The van der Waals surface area contributed by atoms with E-state index in [-0.39, 0.29) is 17.9 Å². The highest BCUT2D eigenvalue weighted by molar-refractivity contribution is 9.10. The summed E-state index contributed by atoms with van der Waals surface area (Å²) in [6, 6.07) is 13.4. The molecule has 106 valence electrons. The molecule has 3 heteroatoms. The van der Waals surface area contributed by atoms with Crippen LogP contribution in [0.1, 0.15) is 42.6 Å². The Bertz CT molecular complexity index is 597. The second-order valence-electron chi connectivity index (χ2n) is 5.13. The molecule has 2 atom stereocenters. The Morgan fingerprint density at radius 3 is 2.35 bits per heavy atom. The van der Waals surface area contributed by atoms with Gasteiger partial charge in [0.25, 0.3) is 0 Å². The van der Waals surface area contributed by atoms with E-state index in [0.29, 0.717) is 5.56 Å². The van der Waals surface area contributed by atoms with Crippen LogP contribution in [0, 0.1) is 12.7 Å². The van der Waals surface area contributed by atoms with Crippen LogP contribution in [0.25, 0.3) is 0 Å². The van der Waals surface area contributed by atoms with E-state index in [1.54, 1.807) is 6.07 Å². The first-order chi connectivity index (χ1) is 9.49. The van der Waals surface area contributed by atoms with Crippen LogP contribution in [0.4, 0.5) is 4.39 Å². The molecule has 0 aliphatic rings. The smallest absolute Gasteiger partial charge is 0.128 e. The summed E-state index contributed by atoms with van der Waals surface area (Å²) in [5.74, 6) is -0.176. The maximum atomic E-state index is 13.9. The third-order valence-electron chi connectivity index (χ3n) is 3.58. The molecule has 0 heterocycles. The second-order valence-corrected chi connectivity index (χ2v) is 6.05. The summed E-state index contributed by atoms with van der Waals surface area (Å²) in [4.78, 5) is 0. The molecule has 1 N–H and O–H groups in total. The fraction of sp³-hybridized carbons (Fsp3) is 0.294. The van der Waals surface area contributed by atoms with Gasteiger partial charge >= 0.3 is 0 Å². The highest BCUT2D eigenvalue weighted by Gasteiger charge is 2.15. The standard InChI is InChI=1S/C17H19BrFN/c1-11-6-4-5-7-15(11)12(2)20-13(3)16-10-14(18)8-9-17(16)19/h4-10,12-13,20H,1-3H3/t12-,13?/m1/s1. The number of benzene rings is 2. The fourth-order valence-electron chi connectivity index (χ4n) is 2.47. The molecule has 0 aliphatic carbocycles. The monoisotopic (exact) mass is 335 g/mol. The van der Waals surface area contributed by atoms with Crippen LogP contribution in [-0.4, -0.2) is 0 Å². The molecule has 0 aliphatic heterocycles. The Hall–Kier alpha value is -1.19. The Labute approximate surface area is 128 Å². The van der Waals surface area contributed by atoms with Crippen molar-refractivity contribution in [2.45, 2.75) is 32.9 Å². The van der Waals surface area contributed by atoms with Crippen molar-refractivity contribution >= 4 is 15.9 Å². The van der Waals surface area contributed by atoms with Gasteiger partial charge in [-0.2, -0.15) is 0 Å². The second kappa shape index (κ2) is 6.51. The van der Waals surface area contributed by atoms with Gasteiger partial charge in [0.1, 0.15) is 5.82 Å². The first kappa shape index (κ1) is 15.2. The van der Waals surface area contributed by atoms with E-state index in [9.17, 15) is 4.39 Å². The number of aryl methyl sites for hydroxylation is 1. The Morgan fingerprint density at radius 2 is 1.65 bits per heavy atom. The predicted molar refractivity (Wildman–Crippen MR) is 85.2 cm³/mol. The highest BCUT2D eigenvalue weighted by Crippen LogP contribution is 2.25. The van der Waals surface area contributed by atoms with Crippen LogP contribution >= 0.6 is 15.9 Å². The topological polar surface area (TPSA) is 12.0 Å². The predicted octanol–water partition coefficient (Wildman–Crippen LogP) is 5.31. The van der Waals surface area contributed by atoms with Gasteiger partial charge in [-0.1, -0.05) is 40.2 Å². The summed E-state index contributed by atoms with van der Waals surface area (Å²) in [6.45, 7) is 6.19. The SMILES string of the molecule is Cc1ccccc1[C@@H](C)NC(C)c1cc(Br)ccc1F. The Kier molecular flexibility index (Phi) is 4.95. The van der Waals surface area contributed by atoms with E-state index in [1.165, 1.54) is 17.2 Å². The van der Waals surface area contributed by atoms with Crippen molar-refractivity contribution in [1.82, 2.24) is 5.32 Å². The van der Waals surface area contributed by atoms with Gasteiger partial charge in [0.2, 0.25) is 0 Å². The minimum atomic E-state index is -0.176. The molecule has 0 amide bonds. The molecule has 1 nitrogen and oxygen atoms in total. The first-order valence-electron chi connectivity index (χ1n) is 6.75. The number of nitrogens with one attached hydrogen (secondary N) is 1. The normalized spacial score (nSPS) is 14.1. The van der Waals surface area contributed by atoms with Gasteiger partial charge in [0, 0.05) is 22.1 Å². The van der Waals surface area contributed by atoms with Crippen LogP contribution in [0.5, 0.6) is 0 Å². The van der Waals surface area contributed by atoms with Crippen LogP contribution < -0.4 is 5.32 Å². The summed E-state index contributed by atoms with van der Waals surface area (Å²) in [5.41, 5.74) is 3.17. The molecular weight excluding hydrogens is 317 g/mol. The van der Waals surface area contributed by atoms with Crippen molar-refractivity contribution in [2.75, 3.05) is 0 Å². The molecule has 2 rings (SSSR count). The molecule has 20 heavy (non-hydrogen) atoms. The molecule has 2 aromatic rings. The van der Waals surface area contributed by atoms with Crippen LogP contribution in [0.2, 0.25) is 0 Å². The minimum Gasteiger partial charge on any atom is -0.304 e. The zero-order valence-electron chi connectivity index (χ0n) is 12.0. The number of rotatable bonds is 4. The summed E-state index contributed by atoms with van der Waals surface area (Å²) in [5, 5.41) is 3.46. The van der Waals surface area contributed by atoms with E-state index in [1.807, 2.05) is 25.1 Å². The van der Waals surface area contributed by atoms with Crippen molar-refractivity contribution in [3.05, 3.63) is 69.4 Å². The van der Waals surface area contributed by atoms with Crippen molar-refractivity contribution in [3.63, 3.8) is 0 Å². The fourth-order valence-corrected chi connectivity index (χ4v) is 2.85. The quantitative estimate of drug-likeness (QED) is 0.798. The van der Waals surface area contributed by atoms with E-state index in [4.69, 9.17) is 0 Å². The number of hydrogen-bond acceptors (Lipinski definition) is 1. The van der Waals surface area contributed by atoms with Gasteiger partial charge in [-0.15, -0.1) is 0 Å². The summed E-state index contributed by atoms with van der Waals surface area (Å²) in [6.07, 6.45) is 0. The Balaban J connectivity index is 2.17. The van der Waals surface area contributed by atoms with Gasteiger partial charge in [-0.25, -0.2) is 4.39 Å². The van der Waals surface area contributed by atoms with Gasteiger partial charge in [0.05, 0.1) is 0 Å². The number of halogens is 2. The van der Waals surface area contributed by atoms with Gasteiger partial charge in [-0.05, 0) is 50.1 Å². The minimum absolute atomic E-state index is 0.0536. The van der Waals surface area contributed by atoms with Gasteiger partial charge in [0.15, 0.2) is 0 Å². The maximum absolute atomic E-state index is 13.9. The Morgan fingerprint density at radius 1 is 1.00 bits per heavy atom. The average Bonchev–Trinajstić information content (AvgIpc) is 2.41. The highest BCUT2D eigenvalue weighted by atomic mass is 79.9. The van der Waals surface area contributed by atoms with Crippen LogP contribution in [-0.2, 0) is 0 Å². The zero-order chi connectivity index (χ0) is 14.7. The van der Waals surface area contributed by atoms with E-state index in [0.717, 1.165) is 4.47 Å². The molecule has 0 saturated carbocycles. The molecule has 0 fully saturated rings. The maximum Gasteiger partial charge on any atom is 0.128 e. The lowest BCUT2D eigenvalue weighted by Gasteiger charge is -2.22. The zero-order valence-corrected chi connectivity index (χ0v) is 13.5. The third kappa shape index (κ3) is 3.47. The average molecular weight is 336 g/mol. The molecule has 0 spiro atoms. The molecule has 2 aromatic carbocycles. The van der Waals surface area contributed by atoms with Crippen molar-refractivity contribution in [1.29, 1.82) is 0 Å².